The van der Waals surface area contributed by atoms with Crippen LogP contribution in [0.25, 0.3) is 0 Å². The highest BCUT2D eigenvalue weighted by atomic mass is 32.1. The molecule has 1 aliphatic rings. The van der Waals surface area contributed by atoms with E-state index in [-0.39, 0.29) is 0 Å². The molecule has 0 amide bonds. The second-order valence-electron chi connectivity index (χ2n) is 5.27. The molecule has 0 bridgehead atoms. The Bertz CT molecular complexity index is 537. The summed E-state index contributed by atoms with van der Waals surface area (Å²) in [5.74, 6) is 6.99. The molecular formula is C17H22N2S. The van der Waals surface area contributed by atoms with Crippen molar-refractivity contribution >= 4 is 11.3 Å². The molecule has 0 aromatic carbocycles. The molecule has 2 N–H and O–H groups in total. The first-order chi connectivity index (χ1) is 9.78. The standard InChI is InChI=1S/C17H22N2S/c1-14-19-17(13-20-14)11-10-16(12-18)9-5-8-15-6-3-2-4-7-15/h5,9,12-13,15H,2-4,6-8,18H2,1H3/b9-5-,16-12+. The zero-order valence-corrected chi connectivity index (χ0v) is 12.9. The first-order valence-corrected chi connectivity index (χ1v) is 8.18. The summed E-state index contributed by atoms with van der Waals surface area (Å²) in [5, 5.41) is 3.02. The predicted molar refractivity (Wildman–Crippen MR) is 86.3 cm³/mol. The SMILES string of the molecule is Cc1nc(C#CC(/C=C\CC2CCCCC2)=C/N)cs1. The molecule has 0 unspecified atom stereocenters. The number of thiazole rings is 1. The topological polar surface area (TPSA) is 38.9 Å². The fourth-order valence-corrected chi connectivity index (χ4v) is 3.05. The molecule has 1 saturated carbocycles. The normalized spacial score (nSPS) is 17.1. The first-order valence-electron chi connectivity index (χ1n) is 7.30. The number of hydrogen-bond donors (Lipinski definition) is 1. The Labute approximate surface area is 125 Å². The molecule has 1 aliphatic carbocycles. The summed E-state index contributed by atoms with van der Waals surface area (Å²) in [4.78, 5) is 4.32. The number of aromatic nitrogens is 1. The quantitative estimate of drug-likeness (QED) is 0.669. The van der Waals surface area contributed by atoms with E-state index in [1.54, 1.807) is 17.5 Å². The van der Waals surface area contributed by atoms with Crippen molar-refractivity contribution in [3.63, 3.8) is 0 Å². The van der Waals surface area contributed by atoms with Crippen LogP contribution in [-0.2, 0) is 0 Å². The van der Waals surface area contributed by atoms with E-state index >= 15 is 0 Å². The molecule has 2 rings (SSSR count). The Morgan fingerprint density at radius 2 is 2.25 bits per heavy atom. The molecular weight excluding hydrogens is 264 g/mol. The number of aryl methyl sites for hydroxylation is 1. The fourth-order valence-electron chi connectivity index (χ4n) is 2.51. The van der Waals surface area contributed by atoms with Gasteiger partial charge in [0.2, 0.25) is 0 Å². The van der Waals surface area contributed by atoms with E-state index in [2.05, 4.69) is 22.9 Å². The summed E-state index contributed by atoms with van der Waals surface area (Å²) >= 11 is 1.62. The average molecular weight is 286 g/mol. The van der Waals surface area contributed by atoms with Crippen LogP contribution in [0.2, 0.25) is 0 Å². The smallest absolute Gasteiger partial charge is 0.124 e. The molecule has 1 aromatic rings. The zero-order chi connectivity index (χ0) is 14.2. The van der Waals surface area contributed by atoms with Crippen molar-refractivity contribution < 1.29 is 0 Å². The van der Waals surface area contributed by atoms with Crippen LogP contribution in [0, 0.1) is 24.7 Å². The van der Waals surface area contributed by atoms with Gasteiger partial charge in [-0.05, 0) is 31.3 Å². The number of nitrogens with two attached hydrogens (primary N) is 1. The lowest BCUT2D eigenvalue weighted by Crippen LogP contribution is -2.04. The summed E-state index contributed by atoms with van der Waals surface area (Å²) in [6.45, 7) is 1.99. The molecule has 20 heavy (non-hydrogen) atoms. The lowest BCUT2D eigenvalue weighted by molar-refractivity contribution is 0.361. The molecule has 1 aromatic heterocycles. The van der Waals surface area contributed by atoms with Crippen molar-refractivity contribution in [2.75, 3.05) is 0 Å². The fraction of sp³-hybridized carbons (Fsp3) is 0.471. The van der Waals surface area contributed by atoms with Gasteiger partial charge in [-0.25, -0.2) is 4.98 Å². The van der Waals surface area contributed by atoms with E-state index in [1.807, 2.05) is 18.4 Å². The van der Waals surface area contributed by atoms with E-state index in [4.69, 9.17) is 5.73 Å². The Morgan fingerprint density at radius 3 is 2.90 bits per heavy atom. The van der Waals surface area contributed by atoms with Gasteiger partial charge < -0.3 is 5.73 Å². The van der Waals surface area contributed by atoms with Gasteiger partial charge in [-0.1, -0.05) is 44.1 Å². The minimum absolute atomic E-state index is 0.826. The van der Waals surface area contributed by atoms with E-state index in [0.717, 1.165) is 28.6 Å². The molecule has 2 nitrogen and oxygen atoms in total. The number of hydrogen-bond acceptors (Lipinski definition) is 3. The van der Waals surface area contributed by atoms with Gasteiger partial charge >= 0.3 is 0 Å². The third-order valence-corrected chi connectivity index (χ3v) is 4.40. The second kappa shape index (κ2) is 7.91. The average Bonchev–Trinajstić information content (AvgIpc) is 2.89. The van der Waals surface area contributed by atoms with Crippen LogP contribution in [0.5, 0.6) is 0 Å². The Hall–Kier alpha value is -1.53. The van der Waals surface area contributed by atoms with Gasteiger partial charge in [-0.3, -0.25) is 0 Å². The maximum absolute atomic E-state index is 5.63. The number of allylic oxidation sites excluding steroid dienone is 3. The molecule has 0 aliphatic heterocycles. The monoisotopic (exact) mass is 286 g/mol. The van der Waals surface area contributed by atoms with Crippen LogP contribution in [0.1, 0.15) is 49.2 Å². The molecule has 0 spiro atoms. The molecule has 106 valence electrons. The van der Waals surface area contributed by atoms with Gasteiger partial charge in [-0.2, -0.15) is 0 Å². The highest BCUT2D eigenvalue weighted by Crippen LogP contribution is 2.26. The molecule has 0 atom stereocenters. The summed E-state index contributed by atoms with van der Waals surface area (Å²) in [6, 6.07) is 0. The Morgan fingerprint density at radius 1 is 1.45 bits per heavy atom. The number of nitrogens with zero attached hydrogens (tertiary/aromatic N) is 1. The maximum atomic E-state index is 5.63. The first kappa shape index (κ1) is 14.9. The molecule has 0 saturated heterocycles. The predicted octanol–water partition coefficient (Wildman–Crippen LogP) is 4.17. The lowest BCUT2D eigenvalue weighted by atomic mass is 9.87. The van der Waals surface area contributed by atoms with Crippen molar-refractivity contribution in [2.24, 2.45) is 11.7 Å². The molecule has 1 fully saturated rings. The van der Waals surface area contributed by atoms with E-state index in [9.17, 15) is 0 Å². The molecule has 3 heteroatoms. The highest BCUT2D eigenvalue weighted by Gasteiger charge is 2.11. The van der Waals surface area contributed by atoms with Crippen LogP contribution >= 0.6 is 11.3 Å². The van der Waals surface area contributed by atoms with Gasteiger partial charge in [0.25, 0.3) is 0 Å². The van der Waals surface area contributed by atoms with E-state index in [0.29, 0.717) is 0 Å². The Balaban J connectivity index is 1.87. The van der Waals surface area contributed by atoms with Crippen LogP contribution in [-0.4, -0.2) is 4.98 Å². The van der Waals surface area contributed by atoms with Gasteiger partial charge in [-0.15, -0.1) is 11.3 Å². The largest absolute Gasteiger partial charge is 0.404 e. The lowest BCUT2D eigenvalue weighted by Gasteiger charge is -2.19. The molecule has 1 heterocycles. The van der Waals surface area contributed by atoms with Gasteiger partial charge in [0.1, 0.15) is 5.69 Å². The van der Waals surface area contributed by atoms with Gasteiger partial charge in [0, 0.05) is 17.2 Å². The van der Waals surface area contributed by atoms with Crippen LogP contribution in [0.4, 0.5) is 0 Å². The van der Waals surface area contributed by atoms with Crippen molar-refractivity contribution in [1.29, 1.82) is 0 Å². The summed E-state index contributed by atoms with van der Waals surface area (Å²) in [6.07, 6.45) is 13.9. The third-order valence-electron chi connectivity index (χ3n) is 3.63. The number of rotatable bonds is 3. The van der Waals surface area contributed by atoms with Crippen molar-refractivity contribution in [2.45, 2.75) is 45.4 Å². The van der Waals surface area contributed by atoms with Crippen LogP contribution in [0.15, 0.2) is 29.3 Å². The summed E-state index contributed by atoms with van der Waals surface area (Å²) in [5.41, 5.74) is 7.32. The van der Waals surface area contributed by atoms with Crippen molar-refractivity contribution in [1.82, 2.24) is 4.98 Å². The third kappa shape index (κ3) is 4.86. The van der Waals surface area contributed by atoms with Crippen LogP contribution < -0.4 is 5.73 Å². The van der Waals surface area contributed by atoms with E-state index in [1.165, 1.54) is 32.1 Å². The highest BCUT2D eigenvalue weighted by molar-refractivity contribution is 7.09. The maximum Gasteiger partial charge on any atom is 0.124 e. The minimum Gasteiger partial charge on any atom is -0.404 e. The van der Waals surface area contributed by atoms with Gasteiger partial charge in [0.15, 0.2) is 0 Å². The van der Waals surface area contributed by atoms with E-state index < -0.39 is 0 Å². The summed E-state index contributed by atoms with van der Waals surface area (Å²) in [7, 11) is 0. The van der Waals surface area contributed by atoms with Crippen molar-refractivity contribution in [3.05, 3.63) is 40.0 Å². The zero-order valence-electron chi connectivity index (χ0n) is 12.1. The Kier molecular flexibility index (Phi) is 5.88. The summed E-state index contributed by atoms with van der Waals surface area (Å²) < 4.78 is 0. The van der Waals surface area contributed by atoms with Gasteiger partial charge in [0.05, 0.1) is 5.01 Å². The van der Waals surface area contributed by atoms with Crippen LogP contribution in [0.3, 0.4) is 0 Å². The molecule has 0 radical (unpaired) electrons. The van der Waals surface area contributed by atoms with Crippen molar-refractivity contribution in [3.8, 4) is 11.8 Å². The second-order valence-corrected chi connectivity index (χ2v) is 6.33. The minimum atomic E-state index is 0.826.